The number of fused-ring (bicyclic) bond motifs is 2. The molecular weight excluding hydrogens is 260 g/mol. The molecule has 0 aliphatic rings. The van der Waals surface area contributed by atoms with Gasteiger partial charge in [-0.05, 0) is 28.5 Å². The summed E-state index contributed by atoms with van der Waals surface area (Å²) in [4.78, 5) is 7.76. The highest BCUT2D eigenvalue weighted by Crippen LogP contribution is 2.25. The van der Waals surface area contributed by atoms with E-state index in [1.54, 1.807) is 0 Å². The van der Waals surface area contributed by atoms with Crippen LogP contribution in [0.4, 0.5) is 0 Å². The van der Waals surface area contributed by atoms with E-state index in [1.165, 1.54) is 0 Å². The predicted molar refractivity (Wildman–Crippen MR) is 84.1 cm³/mol. The van der Waals surface area contributed by atoms with Gasteiger partial charge in [0.15, 0.2) is 0 Å². The Kier molecular flexibility index (Phi) is 2.72. The van der Waals surface area contributed by atoms with Crippen LogP contribution in [0.15, 0.2) is 66.7 Å². The summed E-state index contributed by atoms with van der Waals surface area (Å²) in [5, 5.41) is 12.7. The van der Waals surface area contributed by atoms with Crippen molar-refractivity contribution in [3.8, 4) is 0 Å². The lowest BCUT2D eigenvalue weighted by atomic mass is 10.1. The van der Waals surface area contributed by atoms with Crippen molar-refractivity contribution < 1.29 is 5.11 Å². The molecule has 21 heavy (non-hydrogen) atoms. The van der Waals surface area contributed by atoms with Gasteiger partial charge in [0.05, 0.1) is 11.0 Å². The van der Waals surface area contributed by atoms with Gasteiger partial charge in [0.2, 0.25) is 0 Å². The minimum Gasteiger partial charge on any atom is -0.380 e. The number of nitrogens with zero attached hydrogens (tertiary/aromatic N) is 1. The quantitative estimate of drug-likeness (QED) is 0.584. The van der Waals surface area contributed by atoms with E-state index < -0.39 is 6.10 Å². The second-order valence-corrected chi connectivity index (χ2v) is 5.15. The highest BCUT2D eigenvalue weighted by molar-refractivity contribution is 5.95. The number of aromatic amines is 1. The van der Waals surface area contributed by atoms with Gasteiger partial charge >= 0.3 is 0 Å². The van der Waals surface area contributed by atoms with Crippen molar-refractivity contribution in [2.24, 2.45) is 0 Å². The first kappa shape index (κ1) is 12.1. The van der Waals surface area contributed by atoms with Gasteiger partial charge in [0, 0.05) is 0 Å². The molecule has 1 aromatic heterocycles. The normalized spacial score (nSPS) is 12.8. The van der Waals surface area contributed by atoms with Crippen molar-refractivity contribution >= 4 is 21.8 Å². The summed E-state index contributed by atoms with van der Waals surface area (Å²) >= 11 is 0. The largest absolute Gasteiger partial charge is 0.380 e. The number of hydrogen-bond acceptors (Lipinski definition) is 2. The Labute approximate surface area is 121 Å². The van der Waals surface area contributed by atoms with E-state index in [1.807, 2.05) is 48.5 Å². The van der Waals surface area contributed by atoms with E-state index in [2.05, 4.69) is 28.2 Å². The van der Waals surface area contributed by atoms with Gasteiger partial charge in [-0.15, -0.1) is 0 Å². The Hall–Kier alpha value is -2.65. The van der Waals surface area contributed by atoms with Gasteiger partial charge in [-0.25, -0.2) is 4.98 Å². The van der Waals surface area contributed by atoms with Crippen LogP contribution in [0.2, 0.25) is 0 Å². The van der Waals surface area contributed by atoms with Gasteiger partial charge in [-0.2, -0.15) is 0 Å². The van der Waals surface area contributed by atoms with E-state index in [0.717, 1.165) is 27.4 Å². The number of aliphatic hydroxyl groups is 1. The summed E-state index contributed by atoms with van der Waals surface area (Å²) in [7, 11) is 0. The highest BCUT2D eigenvalue weighted by Gasteiger charge is 2.14. The Morgan fingerprint density at radius 2 is 1.52 bits per heavy atom. The van der Waals surface area contributed by atoms with Gasteiger partial charge in [0.25, 0.3) is 0 Å². The second-order valence-electron chi connectivity index (χ2n) is 5.15. The molecule has 3 heteroatoms. The third-order valence-electron chi connectivity index (χ3n) is 3.74. The van der Waals surface area contributed by atoms with Gasteiger partial charge in [-0.1, -0.05) is 54.6 Å². The molecule has 0 fully saturated rings. The van der Waals surface area contributed by atoms with E-state index >= 15 is 0 Å². The van der Waals surface area contributed by atoms with Crippen molar-refractivity contribution in [2.75, 3.05) is 0 Å². The maximum atomic E-state index is 10.4. The topological polar surface area (TPSA) is 48.9 Å². The molecule has 3 nitrogen and oxygen atoms in total. The molecule has 0 aliphatic heterocycles. The lowest BCUT2D eigenvalue weighted by Crippen LogP contribution is -2.01. The Morgan fingerprint density at radius 3 is 2.29 bits per heavy atom. The molecule has 1 heterocycles. The molecule has 1 atom stereocenters. The molecule has 2 N–H and O–H groups in total. The molecule has 0 bridgehead atoms. The first-order valence-corrected chi connectivity index (χ1v) is 6.93. The SMILES string of the molecule is O[C@@H](c1ccccc1)c1nc2cc3ccccc3cc2[nH]1. The van der Waals surface area contributed by atoms with Crippen LogP contribution in [0.25, 0.3) is 21.8 Å². The molecule has 0 saturated heterocycles. The number of aromatic nitrogens is 2. The van der Waals surface area contributed by atoms with E-state index in [9.17, 15) is 5.11 Å². The maximum Gasteiger partial charge on any atom is 0.140 e. The summed E-state index contributed by atoms with van der Waals surface area (Å²) in [5.74, 6) is 0.575. The fraction of sp³-hybridized carbons (Fsp3) is 0.0556. The third kappa shape index (κ3) is 2.08. The zero-order chi connectivity index (χ0) is 14.2. The predicted octanol–water partition coefficient (Wildman–Crippen LogP) is 3.80. The number of hydrogen-bond donors (Lipinski definition) is 2. The summed E-state index contributed by atoms with van der Waals surface area (Å²) in [5.41, 5.74) is 2.65. The van der Waals surface area contributed by atoms with Crippen LogP contribution in [0.3, 0.4) is 0 Å². The second kappa shape index (κ2) is 4.72. The van der Waals surface area contributed by atoms with Crippen molar-refractivity contribution in [3.63, 3.8) is 0 Å². The van der Waals surface area contributed by atoms with Crippen molar-refractivity contribution in [1.82, 2.24) is 9.97 Å². The lowest BCUT2D eigenvalue weighted by Gasteiger charge is -2.06. The van der Waals surface area contributed by atoms with Crippen LogP contribution < -0.4 is 0 Å². The van der Waals surface area contributed by atoms with Crippen LogP contribution in [-0.2, 0) is 0 Å². The highest BCUT2D eigenvalue weighted by atomic mass is 16.3. The van der Waals surface area contributed by atoms with Crippen molar-refractivity contribution in [1.29, 1.82) is 0 Å². The monoisotopic (exact) mass is 274 g/mol. The fourth-order valence-electron chi connectivity index (χ4n) is 2.64. The summed E-state index contributed by atoms with van der Waals surface area (Å²) in [6, 6.07) is 21.8. The number of rotatable bonds is 2. The first-order valence-electron chi connectivity index (χ1n) is 6.93. The van der Waals surface area contributed by atoms with E-state index in [4.69, 9.17) is 0 Å². The molecule has 3 aromatic carbocycles. The molecule has 0 amide bonds. The van der Waals surface area contributed by atoms with Crippen LogP contribution in [0, 0.1) is 0 Å². The molecule has 0 saturated carbocycles. The molecule has 4 aromatic rings. The van der Waals surface area contributed by atoms with Crippen LogP contribution in [-0.4, -0.2) is 15.1 Å². The van der Waals surface area contributed by atoms with Gasteiger partial charge in [-0.3, -0.25) is 0 Å². The standard InChI is InChI=1S/C18H14N2O/c21-17(12-6-2-1-3-7-12)18-19-15-10-13-8-4-5-9-14(13)11-16(15)20-18/h1-11,17,21H,(H,19,20)/t17-/m0/s1. The number of imidazole rings is 1. The van der Waals surface area contributed by atoms with Crippen molar-refractivity contribution in [3.05, 3.63) is 78.1 Å². The minimum absolute atomic E-state index is 0.575. The van der Waals surface area contributed by atoms with Crippen LogP contribution in [0.5, 0.6) is 0 Å². The first-order chi connectivity index (χ1) is 10.3. The lowest BCUT2D eigenvalue weighted by molar-refractivity contribution is 0.211. The third-order valence-corrected chi connectivity index (χ3v) is 3.74. The van der Waals surface area contributed by atoms with E-state index in [-0.39, 0.29) is 0 Å². The summed E-state index contributed by atoms with van der Waals surface area (Å²) in [6.07, 6.45) is -0.735. The number of benzene rings is 3. The molecule has 0 aliphatic carbocycles. The Bertz CT molecular complexity index is 860. The molecule has 0 unspecified atom stereocenters. The number of H-pyrrole nitrogens is 1. The number of nitrogens with one attached hydrogen (secondary N) is 1. The maximum absolute atomic E-state index is 10.4. The Balaban J connectivity index is 1.85. The zero-order valence-electron chi connectivity index (χ0n) is 11.3. The number of aliphatic hydroxyl groups excluding tert-OH is 1. The van der Waals surface area contributed by atoms with E-state index in [0.29, 0.717) is 5.82 Å². The molecule has 0 radical (unpaired) electrons. The van der Waals surface area contributed by atoms with Crippen molar-refractivity contribution in [2.45, 2.75) is 6.10 Å². The smallest absolute Gasteiger partial charge is 0.140 e. The van der Waals surface area contributed by atoms with Crippen LogP contribution >= 0.6 is 0 Å². The average molecular weight is 274 g/mol. The molecule has 4 rings (SSSR count). The van der Waals surface area contributed by atoms with Gasteiger partial charge < -0.3 is 10.1 Å². The molecular formula is C18H14N2O. The van der Waals surface area contributed by atoms with Crippen LogP contribution in [0.1, 0.15) is 17.5 Å². The summed E-state index contributed by atoms with van der Waals surface area (Å²) < 4.78 is 0. The fourth-order valence-corrected chi connectivity index (χ4v) is 2.64. The Morgan fingerprint density at radius 1 is 0.857 bits per heavy atom. The minimum atomic E-state index is -0.735. The average Bonchev–Trinajstić information content (AvgIpc) is 2.95. The molecule has 102 valence electrons. The zero-order valence-corrected chi connectivity index (χ0v) is 11.3. The molecule has 0 spiro atoms. The summed E-state index contributed by atoms with van der Waals surface area (Å²) in [6.45, 7) is 0. The van der Waals surface area contributed by atoms with Gasteiger partial charge in [0.1, 0.15) is 11.9 Å².